The number of likely N-dealkylation sites (N-methyl/N-ethyl adjacent to an activating group) is 1. The van der Waals surface area contributed by atoms with E-state index in [1.54, 1.807) is 0 Å². The maximum Gasteiger partial charge on any atom is 0.195 e. The Morgan fingerprint density at radius 3 is 2.44 bits per heavy atom. The molecule has 1 N–H and O–H groups in total. The third kappa shape index (κ3) is 4.45. The fraction of sp³-hybridized carbons (Fsp3) is 0.381. The summed E-state index contributed by atoms with van der Waals surface area (Å²) in [6.45, 7) is 6.42. The molecule has 2 aromatic carbocycles. The second kappa shape index (κ2) is 7.78. The smallest absolute Gasteiger partial charge is 0.195 e. The zero-order chi connectivity index (χ0) is 19.7. The molecule has 1 unspecified atom stereocenters. The normalized spacial score (nSPS) is 20.4. The van der Waals surface area contributed by atoms with Gasteiger partial charge in [-0.2, -0.15) is 0 Å². The zero-order valence-electron chi connectivity index (χ0n) is 16.2. The number of nitrogens with zero attached hydrogens (tertiary/aromatic N) is 1. The van der Waals surface area contributed by atoms with Crippen LogP contribution in [0.3, 0.4) is 0 Å². The van der Waals surface area contributed by atoms with E-state index in [0.29, 0.717) is 6.54 Å². The van der Waals surface area contributed by atoms with Gasteiger partial charge < -0.3 is 4.90 Å². The Morgan fingerprint density at radius 1 is 1.15 bits per heavy atom. The van der Waals surface area contributed by atoms with E-state index in [1.165, 1.54) is 11.8 Å². The van der Waals surface area contributed by atoms with Crippen LogP contribution < -0.4 is 9.62 Å². The number of benzene rings is 2. The first kappa shape index (κ1) is 20.1. The average molecular weight is 403 g/mol. The van der Waals surface area contributed by atoms with Gasteiger partial charge in [0.1, 0.15) is 0 Å². The van der Waals surface area contributed by atoms with Crippen molar-refractivity contribution in [2.75, 3.05) is 18.5 Å². The van der Waals surface area contributed by atoms with Gasteiger partial charge in [0, 0.05) is 30.6 Å². The molecule has 1 aliphatic heterocycles. The highest BCUT2D eigenvalue weighted by Crippen LogP contribution is 2.42. The van der Waals surface area contributed by atoms with E-state index in [0.717, 1.165) is 16.1 Å². The van der Waals surface area contributed by atoms with Gasteiger partial charge in [0.2, 0.25) is 0 Å². The van der Waals surface area contributed by atoms with Gasteiger partial charge in [0.15, 0.2) is 5.12 Å². The van der Waals surface area contributed by atoms with Gasteiger partial charge in [-0.1, -0.05) is 48.2 Å². The van der Waals surface area contributed by atoms with Crippen molar-refractivity contribution >= 4 is 33.6 Å². The molecule has 4 nitrogen and oxygen atoms in total. The molecule has 2 atom stereocenters. The highest BCUT2D eigenvalue weighted by Gasteiger charge is 2.45. The largest absolute Gasteiger partial charge is 0.372 e. The minimum absolute atomic E-state index is 0.0599. The number of hydrogen-bond donors (Lipinski definition) is 1. The molecule has 1 aliphatic rings. The molecule has 0 aromatic heterocycles. The lowest BCUT2D eigenvalue weighted by Gasteiger charge is -2.33. The molecule has 0 spiro atoms. The molecule has 0 amide bonds. The average Bonchev–Trinajstić information content (AvgIpc) is 2.87. The van der Waals surface area contributed by atoms with Gasteiger partial charge >= 0.3 is 0 Å². The summed E-state index contributed by atoms with van der Waals surface area (Å²) >= 11 is 1.24. The number of nitrogens with one attached hydrogen (secondary N) is 1. The number of anilines is 1. The number of thioether (sulfide) groups is 1. The lowest BCUT2D eigenvalue weighted by Crippen LogP contribution is -2.51. The molecule has 0 saturated heterocycles. The highest BCUT2D eigenvalue weighted by molar-refractivity contribution is 8.13. The predicted molar refractivity (Wildman–Crippen MR) is 114 cm³/mol. The Kier molecular flexibility index (Phi) is 5.79. The molecule has 0 aliphatic carbocycles. The van der Waals surface area contributed by atoms with Gasteiger partial charge in [-0.05, 0) is 44.5 Å². The van der Waals surface area contributed by atoms with E-state index in [2.05, 4.69) is 9.62 Å². The molecule has 0 bridgehead atoms. The highest BCUT2D eigenvalue weighted by atomic mass is 32.2. The summed E-state index contributed by atoms with van der Waals surface area (Å²) in [6.07, 6.45) is 0.274. The zero-order valence-corrected chi connectivity index (χ0v) is 17.8. The van der Waals surface area contributed by atoms with Crippen LogP contribution in [0.2, 0.25) is 0 Å². The SMILES string of the molecule is CN1C[C@](CC(=O)Sc2ccccc2)(NS(=O)C(C)(C)C)c2ccccc21. The van der Waals surface area contributed by atoms with Gasteiger partial charge in [-0.25, -0.2) is 8.93 Å². The minimum Gasteiger partial charge on any atom is -0.372 e. The van der Waals surface area contributed by atoms with Crippen LogP contribution in [0, 0.1) is 0 Å². The second-order valence-electron chi connectivity index (χ2n) is 7.90. The van der Waals surface area contributed by atoms with Crippen molar-refractivity contribution in [2.45, 2.75) is 42.4 Å². The topological polar surface area (TPSA) is 49.4 Å². The van der Waals surface area contributed by atoms with E-state index in [-0.39, 0.29) is 11.5 Å². The lowest BCUT2D eigenvalue weighted by molar-refractivity contribution is -0.112. The molecule has 2 aromatic rings. The number of hydrogen-bond acceptors (Lipinski definition) is 4. The van der Waals surface area contributed by atoms with Crippen molar-refractivity contribution in [3.63, 3.8) is 0 Å². The molecule has 6 heteroatoms. The Morgan fingerprint density at radius 2 is 1.78 bits per heavy atom. The summed E-state index contributed by atoms with van der Waals surface area (Å²) < 4.78 is 15.9. The van der Waals surface area contributed by atoms with Crippen molar-refractivity contribution in [3.05, 3.63) is 60.2 Å². The summed E-state index contributed by atoms with van der Waals surface area (Å²) in [6, 6.07) is 17.7. The van der Waals surface area contributed by atoms with Crippen LogP contribution in [-0.4, -0.2) is 27.7 Å². The number of fused-ring (bicyclic) bond motifs is 1. The van der Waals surface area contributed by atoms with Crippen LogP contribution in [-0.2, 0) is 21.3 Å². The first-order valence-electron chi connectivity index (χ1n) is 8.97. The summed E-state index contributed by atoms with van der Waals surface area (Å²) in [4.78, 5) is 16.0. The summed E-state index contributed by atoms with van der Waals surface area (Å²) in [5.41, 5.74) is 1.45. The second-order valence-corrected chi connectivity index (χ2v) is 11.0. The Labute approximate surface area is 168 Å². The van der Waals surface area contributed by atoms with Crippen molar-refractivity contribution in [3.8, 4) is 0 Å². The molecule has 0 saturated carbocycles. The first-order valence-corrected chi connectivity index (χ1v) is 10.9. The maximum atomic E-state index is 12.9. The number of rotatable bonds is 5. The minimum atomic E-state index is -1.29. The monoisotopic (exact) mass is 402 g/mol. The van der Waals surface area contributed by atoms with Gasteiger partial charge in [-0.3, -0.25) is 4.79 Å². The molecular weight excluding hydrogens is 376 g/mol. The van der Waals surface area contributed by atoms with Gasteiger partial charge in [0.25, 0.3) is 0 Å². The van der Waals surface area contributed by atoms with Crippen molar-refractivity contribution in [2.24, 2.45) is 0 Å². The van der Waals surface area contributed by atoms with Crippen LogP contribution in [0.25, 0.3) is 0 Å². The fourth-order valence-corrected chi connectivity index (χ4v) is 5.08. The van der Waals surface area contributed by atoms with E-state index in [9.17, 15) is 9.00 Å². The number of para-hydroxylation sites is 1. The van der Waals surface area contributed by atoms with E-state index >= 15 is 0 Å². The van der Waals surface area contributed by atoms with E-state index in [4.69, 9.17) is 0 Å². The van der Waals surface area contributed by atoms with E-state index in [1.807, 2.05) is 82.4 Å². The lowest BCUT2D eigenvalue weighted by atomic mass is 9.90. The molecule has 144 valence electrons. The van der Waals surface area contributed by atoms with Crippen LogP contribution in [0.1, 0.15) is 32.8 Å². The van der Waals surface area contributed by atoms with Gasteiger partial charge in [-0.15, -0.1) is 0 Å². The molecule has 0 radical (unpaired) electrons. The molecular formula is C21H26N2O2S2. The van der Waals surface area contributed by atoms with Crippen molar-refractivity contribution in [1.82, 2.24) is 4.72 Å². The van der Waals surface area contributed by atoms with Crippen LogP contribution in [0.5, 0.6) is 0 Å². The Bertz CT molecular complexity index is 849. The maximum absolute atomic E-state index is 12.9. The molecule has 3 rings (SSSR count). The number of carbonyl (C=O) groups is 1. The Hall–Kier alpha value is -1.63. The van der Waals surface area contributed by atoms with Crippen molar-refractivity contribution < 1.29 is 9.00 Å². The quantitative estimate of drug-likeness (QED) is 0.765. The van der Waals surface area contributed by atoms with Crippen LogP contribution >= 0.6 is 11.8 Å². The third-order valence-electron chi connectivity index (χ3n) is 4.60. The third-order valence-corrected chi connectivity index (χ3v) is 7.17. The summed E-state index contributed by atoms with van der Waals surface area (Å²) in [5, 5.41) is 0.0599. The first-order chi connectivity index (χ1) is 12.7. The predicted octanol–water partition coefficient (Wildman–Crippen LogP) is 4.09. The molecule has 0 fully saturated rings. The van der Waals surface area contributed by atoms with Crippen molar-refractivity contribution in [1.29, 1.82) is 0 Å². The Balaban J connectivity index is 1.92. The number of carbonyl (C=O) groups excluding carboxylic acids is 1. The van der Waals surface area contributed by atoms with Crippen LogP contribution in [0.15, 0.2) is 59.5 Å². The van der Waals surface area contributed by atoms with Crippen LogP contribution in [0.4, 0.5) is 5.69 Å². The molecule has 27 heavy (non-hydrogen) atoms. The van der Waals surface area contributed by atoms with Gasteiger partial charge in [0.05, 0.1) is 21.3 Å². The standard InChI is InChI=1S/C21H26N2O2S2/c1-20(2,3)27(25)22-21(14-19(24)26-16-10-6-5-7-11-16)15-23(4)18-13-9-8-12-17(18)21/h5-13,22H,14-15H2,1-4H3/t21-,27?/m0/s1. The van der Waals surface area contributed by atoms with E-state index < -0.39 is 21.3 Å². The molecule has 1 heterocycles. The summed E-state index contributed by atoms with van der Waals surface area (Å²) in [5.74, 6) is 0. The fourth-order valence-electron chi connectivity index (χ4n) is 3.29. The summed E-state index contributed by atoms with van der Waals surface area (Å²) in [7, 11) is 0.721.